The van der Waals surface area contributed by atoms with Crippen LogP contribution in [0.3, 0.4) is 0 Å². The van der Waals surface area contributed by atoms with Crippen molar-refractivity contribution in [3.05, 3.63) is 52.2 Å². The normalized spacial score (nSPS) is 13.5. The third-order valence-corrected chi connectivity index (χ3v) is 3.16. The van der Waals surface area contributed by atoms with E-state index in [9.17, 15) is 18.3 Å². The summed E-state index contributed by atoms with van der Waals surface area (Å²) in [5, 5.41) is 9.82. The molecule has 0 aliphatic rings. The fourth-order valence-corrected chi connectivity index (χ4v) is 2.11. The minimum absolute atomic E-state index is 0.107. The van der Waals surface area contributed by atoms with Gasteiger partial charge in [0.25, 0.3) is 0 Å². The molecule has 0 radical (unpaired) electrons. The number of hydrogen-bond donors (Lipinski definition) is 1. The number of aromatic nitrogens is 1. The summed E-state index contributed by atoms with van der Waals surface area (Å²) in [5.41, 5.74) is -0.520. The second kappa shape index (κ2) is 5.46. The zero-order valence-electron chi connectivity index (χ0n) is 10.4. The maximum absolute atomic E-state index is 12.5. The molecule has 0 spiro atoms. The number of pyridine rings is 1. The fraction of sp³-hybridized carbons (Fsp3) is 0.308. The van der Waals surface area contributed by atoms with Gasteiger partial charge in [-0.05, 0) is 12.1 Å². The van der Waals surface area contributed by atoms with Crippen LogP contribution in [0.2, 0.25) is 5.15 Å². The zero-order chi connectivity index (χ0) is 14.9. The van der Waals surface area contributed by atoms with Gasteiger partial charge in [-0.2, -0.15) is 13.2 Å². The first-order chi connectivity index (χ1) is 9.34. The molecule has 1 N–H and O–H groups in total. The number of hydrogen-bond acceptors (Lipinski definition) is 3. The highest BCUT2D eigenvalue weighted by Crippen LogP contribution is 2.34. The van der Waals surface area contributed by atoms with Gasteiger partial charge in [0, 0.05) is 17.5 Å². The number of aliphatic hydroxyl groups excluding tert-OH is 1. The molecule has 20 heavy (non-hydrogen) atoms. The predicted molar refractivity (Wildman–Crippen MR) is 66.4 cm³/mol. The highest BCUT2D eigenvalue weighted by atomic mass is 35.5. The fourth-order valence-electron chi connectivity index (χ4n) is 1.86. The van der Waals surface area contributed by atoms with Crippen molar-refractivity contribution < 1.29 is 22.7 Å². The van der Waals surface area contributed by atoms with Crippen LogP contribution in [0.1, 0.15) is 35.6 Å². The smallest absolute Gasteiger partial charge is 0.433 e. The molecule has 0 aliphatic carbocycles. The van der Waals surface area contributed by atoms with E-state index in [0.29, 0.717) is 17.7 Å². The Bertz CT molecular complexity index is 610. The van der Waals surface area contributed by atoms with Crippen LogP contribution in [0, 0.1) is 0 Å². The van der Waals surface area contributed by atoms with E-state index in [1.54, 1.807) is 6.07 Å². The van der Waals surface area contributed by atoms with Gasteiger partial charge >= 0.3 is 6.18 Å². The van der Waals surface area contributed by atoms with Gasteiger partial charge in [-0.3, -0.25) is 0 Å². The van der Waals surface area contributed by atoms with Crippen molar-refractivity contribution in [2.45, 2.75) is 25.6 Å². The minimum atomic E-state index is -4.57. The largest absolute Gasteiger partial charge is 0.469 e. The molecule has 0 aromatic carbocycles. The number of nitrogens with zero attached hydrogens (tertiary/aromatic N) is 1. The lowest BCUT2D eigenvalue weighted by atomic mass is 10.0. The Morgan fingerprint density at radius 2 is 2.00 bits per heavy atom. The molecule has 0 bridgehead atoms. The lowest BCUT2D eigenvalue weighted by molar-refractivity contribution is -0.141. The average molecular weight is 306 g/mol. The lowest BCUT2D eigenvalue weighted by Crippen LogP contribution is -2.10. The Kier molecular flexibility index (Phi) is 4.06. The van der Waals surface area contributed by atoms with Crippen LogP contribution in [-0.4, -0.2) is 10.1 Å². The summed E-state index contributed by atoms with van der Waals surface area (Å²) in [4.78, 5) is 3.28. The Morgan fingerprint density at radius 3 is 2.55 bits per heavy atom. The molecule has 0 saturated heterocycles. The Hall–Kier alpha value is -1.53. The summed E-state index contributed by atoms with van der Waals surface area (Å²) in [6.07, 6.45) is -3.79. The molecule has 2 heterocycles. The molecule has 1 unspecified atom stereocenters. The predicted octanol–water partition coefficient (Wildman–Crippen LogP) is 3.99. The van der Waals surface area contributed by atoms with E-state index in [1.807, 2.05) is 6.92 Å². The van der Waals surface area contributed by atoms with Crippen molar-refractivity contribution in [1.29, 1.82) is 0 Å². The molecule has 1 atom stereocenters. The number of furan rings is 1. The minimum Gasteiger partial charge on any atom is -0.469 e. The van der Waals surface area contributed by atoms with Gasteiger partial charge in [0.15, 0.2) is 0 Å². The lowest BCUT2D eigenvalue weighted by Gasteiger charge is -2.14. The van der Waals surface area contributed by atoms with E-state index in [1.165, 1.54) is 6.26 Å². The van der Waals surface area contributed by atoms with Crippen LogP contribution < -0.4 is 0 Å². The summed E-state index contributed by atoms with van der Waals surface area (Å²) in [6.45, 7) is 1.83. The maximum atomic E-state index is 12.5. The number of aryl methyl sites for hydroxylation is 1. The standard InChI is InChI=1S/C13H11ClF3NO2/c1-2-9-7(5-6-20-9)11(19)8-3-4-10(13(15,16)17)18-12(8)14/h3-6,11,19H,2H2,1H3. The molecule has 0 amide bonds. The van der Waals surface area contributed by atoms with E-state index in [4.69, 9.17) is 16.0 Å². The number of alkyl halides is 3. The number of aliphatic hydroxyl groups is 1. The summed E-state index contributed by atoms with van der Waals surface area (Å²) in [6, 6.07) is 3.46. The van der Waals surface area contributed by atoms with Crippen LogP contribution in [0.15, 0.2) is 28.9 Å². The molecule has 0 saturated carbocycles. The summed E-state index contributed by atoms with van der Waals surface area (Å²) < 4.78 is 42.7. The van der Waals surface area contributed by atoms with Crippen molar-refractivity contribution in [3.8, 4) is 0 Å². The van der Waals surface area contributed by atoms with Crippen LogP contribution in [0.25, 0.3) is 0 Å². The molecule has 0 aliphatic heterocycles. The van der Waals surface area contributed by atoms with Crippen molar-refractivity contribution >= 4 is 11.6 Å². The van der Waals surface area contributed by atoms with E-state index in [-0.39, 0.29) is 10.7 Å². The summed E-state index contributed by atoms with van der Waals surface area (Å²) >= 11 is 5.74. The highest BCUT2D eigenvalue weighted by molar-refractivity contribution is 6.30. The molecule has 3 nitrogen and oxygen atoms in total. The average Bonchev–Trinajstić information content (AvgIpc) is 2.85. The van der Waals surface area contributed by atoms with Crippen molar-refractivity contribution in [3.63, 3.8) is 0 Å². The van der Waals surface area contributed by atoms with Gasteiger partial charge in [0.2, 0.25) is 0 Å². The first kappa shape index (κ1) is 14.9. The molecular formula is C13H11ClF3NO2. The molecule has 2 aromatic rings. The van der Waals surface area contributed by atoms with E-state index in [0.717, 1.165) is 12.1 Å². The van der Waals surface area contributed by atoms with E-state index < -0.39 is 18.0 Å². The van der Waals surface area contributed by atoms with Crippen molar-refractivity contribution in [1.82, 2.24) is 4.98 Å². The van der Waals surface area contributed by atoms with E-state index >= 15 is 0 Å². The van der Waals surface area contributed by atoms with Crippen LogP contribution in [0.4, 0.5) is 13.2 Å². The van der Waals surface area contributed by atoms with E-state index in [2.05, 4.69) is 4.98 Å². The summed E-state index contributed by atoms with van der Waals surface area (Å²) in [7, 11) is 0. The highest BCUT2D eigenvalue weighted by Gasteiger charge is 2.33. The molecule has 108 valence electrons. The number of rotatable bonds is 3. The SMILES string of the molecule is CCc1occc1C(O)c1ccc(C(F)(F)F)nc1Cl. The van der Waals surface area contributed by atoms with Crippen molar-refractivity contribution in [2.24, 2.45) is 0 Å². The molecule has 7 heteroatoms. The molecule has 2 aromatic heterocycles. The van der Waals surface area contributed by atoms with Gasteiger partial charge in [-0.15, -0.1) is 0 Å². The van der Waals surface area contributed by atoms with Gasteiger partial charge in [-0.25, -0.2) is 4.98 Å². The molecule has 2 rings (SSSR count). The quantitative estimate of drug-likeness (QED) is 0.872. The topological polar surface area (TPSA) is 46.3 Å². The second-order valence-corrected chi connectivity index (χ2v) is 4.49. The van der Waals surface area contributed by atoms with Crippen LogP contribution in [0.5, 0.6) is 0 Å². The van der Waals surface area contributed by atoms with Gasteiger partial charge in [0.1, 0.15) is 22.7 Å². The second-order valence-electron chi connectivity index (χ2n) is 4.13. The maximum Gasteiger partial charge on any atom is 0.433 e. The van der Waals surface area contributed by atoms with Gasteiger partial charge in [0.05, 0.1) is 6.26 Å². The Morgan fingerprint density at radius 1 is 1.30 bits per heavy atom. The first-order valence-corrected chi connectivity index (χ1v) is 6.20. The third kappa shape index (κ3) is 2.81. The van der Waals surface area contributed by atoms with Gasteiger partial charge in [-0.1, -0.05) is 24.6 Å². The zero-order valence-corrected chi connectivity index (χ0v) is 11.2. The Balaban J connectivity index is 2.39. The first-order valence-electron chi connectivity index (χ1n) is 5.82. The third-order valence-electron chi connectivity index (χ3n) is 2.86. The summed E-state index contributed by atoms with van der Waals surface area (Å²) in [5.74, 6) is 0.550. The van der Waals surface area contributed by atoms with Crippen LogP contribution >= 0.6 is 11.6 Å². The Labute approximate surface area is 118 Å². The molecular weight excluding hydrogens is 295 g/mol. The number of halogens is 4. The van der Waals surface area contributed by atoms with Crippen LogP contribution in [-0.2, 0) is 12.6 Å². The van der Waals surface area contributed by atoms with Gasteiger partial charge < -0.3 is 9.52 Å². The monoisotopic (exact) mass is 305 g/mol. The molecule has 0 fully saturated rings. The van der Waals surface area contributed by atoms with Crippen molar-refractivity contribution in [2.75, 3.05) is 0 Å².